The van der Waals surface area contributed by atoms with Gasteiger partial charge >= 0.3 is 0 Å². The van der Waals surface area contributed by atoms with Crippen molar-refractivity contribution in [2.24, 2.45) is 7.05 Å². The Morgan fingerprint density at radius 2 is 2.10 bits per heavy atom. The molecule has 5 heteroatoms. The van der Waals surface area contributed by atoms with Crippen molar-refractivity contribution < 1.29 is 0 Å². The molecule has 1 unspecified atom stereocenters. The SMILES string of the molecule is CCC(NCc1cn(C)nc1C)c1ccc(Cl)cc1Cl. The maximum absolute atomic E-state index is 6.28. The highest BCUT2D eigenvalue weighted by atomic mass is 35.5. The second-order valence-electron chi connectivity index (χ2n) is 4.92. The van der Waals surface area contributed by atoms with E-state index in [4.69, 9.17) is 23.2 Å². The van der Waals surface area contributed by atoms with Crippen LogP contribution in [0.1, 0.15) is 36.2 Å². The Morgan fingerprint density at radius 3 is 2.65 bits per heavy atom. The second-order valence-corrected chi connectivity index (χ2v) is 5.76. The van der Waals surface area contributed by atoms with Crippen molar-refractivity contribution >= 4 is 23.2 Å². The van der Waals surface area contributed by atoms with Crippen molar-refractivity contribution in [1.82, 2.24) is 15.1 Å². The van der Waals surface area contributed by atoms with E-state index in [1.807, 2.05) is 37.0 Å². The quantitative estimate of drug-likeness (QED) is 0.893. The van der Waals surface area contributed by atoms with E-state index in [0.717, 1.165) is 24.2 Å². The molecule has 1 N–H and O–H groups in total. The Kier molecular flexibility index (Phi) is 5.08. The molecule has 0 fully saturated rings. The van der Waals surface area contributed by atoms with Crippen molar-refractivity contribution in [2.45, 2.75) is 32.9 Å². The van der Waals surface area contributed by atoms with E-state index in [9.17, 15) is 0 Å². The minimum atomic E-state index is 0.208. The Hall–Kier alpha value is -1.03. The Labute approximate surface area is 129 Å². The molecule has 108 valence electrons. The number of nitrogens with one attached hydrogen (secondary N) is 1. The third kappa shape index (κ3) is 3.54. The van der Waals surface area contributed by atoms with Crippen LogP contribution in [0.15, 0.2) is 24.4 Å². The van der Waals surface area contributed by atoms with Crippen molar-refractivity contribution in [2.75, 3.05) is 0 Å². The van der Waals surface area contributed by atoms with Crippen LogP contribution in [-0.2, 0) is 13.6 Å². The summed E-state index contributed by atoms with van der Waals surface area (Å²) in [6.45, 7) is 4.93. The lowest BCUT2D eigenvalue weighted by Crippen LogP contribution is -2.20. The summed E-state index contributed by atoms with van der Waals surface area (Å²) in [7, 11) is 1.93. The molecule has 1 atom stereocenters. The third-order valence-corrected chi connectivity index (χ3v) is 3.96. The predicted molar refractivity (Wildman–Crippen MR) is 84.3 cm³/mol. The molecule has 0 saturated heterocycles. The van der Waals surface area contributed by atoms with Gasteiger partial charge in [0.25, 0.3) is 0 Å². The minimum Gasteiger partial charge on any atom is -0.306 e. The largest absolute Gasteiger partial charge is 0.306 e. The fourth-order valence-corrected chi connectivity index (χ4v) is 2.85. The van der Waals surface area contributed by atoms with E-state index >= 15 is 0 Å². The van der Waals surface area contributed by atoms with Gasteiger partial charge in [-0.1, -0.05) is 36.2 Å². The van der Waals surface area contributed by atoms with Gasteiger partial charge in [0, 0.05) is 41.4 Å². The van der Waals surface area contributed by atoms with Gasteiger partial charge in [-0.3, -0.25) is 4.68 Å². The zero-order chi connectivity index (χ0) is 14.7. The number of nitrogens with zero attached hydrogens (tertiary/aromatic N) is 2. The summed E-state index contributed by atoms with van der Waals surface area (Å²) in [4.78, 5) is 0. The van der Waals surface area contributed by atoms with E-state index in [-0.39, 0.29) is 6.04 Å². The molecule has 3 nitrogen and oxygen atoms in total. The van der Waals surface area contributed by atoms with Gasteiger partial charge in [-0.2, -0.15) is 5.10 Å². The number of hydrogen-bond acceptors (Lipinski definition) is 2. The first-order chi connectivity index (χ1) is 9.51. The lowest BCUT2D eigenvalue weighted by molar-refractivity contribution is 0.518. The molecule has 2 rings (SSSR count). The van der Waals surface area contributed by atoms with E-state index in [2.05, 4.69) is 17.3 Å². The summed E-state index contributed by atoms with van der Waals surface area (Å²) in [5, 5.41) is 9.26. The topological polar surface area (TPSA) is 29.9 Å². The number of aryl methyl sites for hydroxylation is 2. The molecular formula is C15H19Cl2N3. The monoisotopic (exact) mass is 311 g/mol. The molecule has 1 aromatic heterocycles. The van der Waals surface area contributed by atoms with Crippen molar-refractivity contribution in [3.63, 3.8) is 0 Å². The van der Waals surface area contributed by atoms with Gasteiger partial charge in [0.15, 0.2) is 0 Å². The average molecular weight is 312 g/mol. The molecule has 0 spiro atoms. The second kappa shape index (κ2) is 6.61. The predicted octanol–water partition coefficient (Wildman–Crippen LogP) is 4.28. The maximum Gasteiger partial charge on any atom is 0.0638 e. The molecule has 2 aromatic rings. The minimum absolute atomic E-state index is 0.208. The summed E-state index contributed by atoms with van der Waals surface area (Å²) < 4.78 is 1.84. The smallest absolute Gasteiger partial charge is 0.0638 e. The van der Waals surface area contributed by atoms with Gasteiger partial charge in [-0.15, -0.1) is 0 Å². The highest BCUT2D eigenvalue weighted by Gasteiger charge is 2.13. The third-order valence-electron chi connectivity index (χ3n) is 3.40. The molecule has 0 aliphatic heterocycles. The van der Waals surface area contributed by atoms with Gasteiger partial charge in [-0.05, 0) is 31.0 Å². The fraction of sp³-hybridized carbons (Fsp3) is 0.400. The van der Waals surface area contributed by atoms with E-state index < -0.39 is 0 Å². The Balaban J connectivity index is 2.11. The van der Waals surface area contributed by atoms with Crippen LogP contribution in [0.3, 0.4) is 0 Å². The summed E-state index contributed by atoms with van der Waals surface area (Å²) >= 11 is 12.2. The molecular weight excluding hydrogens is 293 g/mol. The van der Waals surface area contributed by atoms with Crippen LogP contribution in [-0.4, -0.2) is 9.78 Å². The lowest BCUT2D eigenvalue weighted by atomic mass is 10.0. The Bertz CT molecular complexity index is 593. The summed E-state index contributed by atoms with van der Waals surface area (Å²) in [6, 6.07) is 5.86. The summed E-state index contributed by atoms with van der Waals surface area (Å²) in [5.74, 6) is 0. The van der Waals surface area contributed by atoms with Gasteiger partial charge in [-0.25, -0.2) is 0 Å². The van der Waals surface area contributed by atoms with Crippen LogP contribution in [0.2, 0.25) is 10.0 Å². The number of benzene rings is 1. The van der Waals surface area contributed by atoms with Crippen LogP contribution >= 0.6 is 23.2 Å². The first-order valence-electron chi connectivity index (χ1n) is 6.68. The highest BCUT2D eigenvalue weighted by molar-refractivity contribution is 6.35. The van der Waals surface area contributed by atoms with Crippen LogP contribution in [0.25, 0.3) is 0 Å². The first-order valence-corrected chi connectivity index (χ1v) is 7.44. The molecule has 0 radical (unpaired) electrons. The molecule has 0 aliphatic rings. The number of rotatable bonds is 5. The Morgan fingerprint density at radius 1 is 1.35 bits per heavy atom. The number of hydrogen-bond donors (Lipinski definition) is 1. The van der Waals surface area contributed by atoms with E-state index in [0.29, 0.717) is 10.0 Å². The van der Waals surface area contributed by atoms with Gasteiger partial charge in [0.1, 0.15) is 0 Å². The fourth-order valence-electron chi connectivity index (χ4n) is 2.31. The van der Waals surface area contributed by atoms with E-state index in [1.165, 1.54) is 5.56 Å². The summed E-state index contributed by atoms with van der Waals surface area (Å²) in [6.07, 6.45) is 3.00. The highest BCUT2D eigenvalue weighted by Crippen LogP contribution is 2.28. The molecule has 0 aliphatic carbocycles. The molecule has 20 heavy (non-hydrogen) atoms. The maximum atomic E-state index is 6.28. The molecule has 0 amide bonds. The number of aromatic nitrogens is 2. The zero-order valence-corrected chi connectivity index (χ0v) is 13.5. The molecule has 1 aromatic carbocycles. The molecule has 1 heterocycles. The van der Waals surface area contributed by atoms with Crippen molar-refractivity contribution in [3.8, 4) is 0 Å². The molecule has 0 saturated carbocycles. The van der Waals surface area contributed by atoms with Gasteiger partial charge in [0.2, 0.25) is 0 Å². The number of halogens is 2. The van der Waals surface area contributed by atoms with Crippen LogP contribution in [0.5, 0.6) is 0 Å². The van der Waals surface area contributed by atoms with Gasteiger partial charge < -0.3 is 5.32 Å². The van der Waals surface area contributed by atoms with Crippen molar-refractivity contribution in [3.05, 3.63) is 51.3 Å². The molecule has 0 bridgehead atoms. The zero-order valence-electron chi connectivity index (χ0n) is 12.0. The first kappa shape index (κ1) is 15.4. The van der Waals surface area contributed by atoms with Crippen LogP contribution in [0, 0.1) is 6.92 Å². The van der Waals surface area contributed by atoms with Crippen LogP contribution < -0.4 is 5.32 Å². The normalized spacial score (nSPS) is 12.7. The standard InChI is InChI=1S/C15H19Cl2N3/c1-4-15(13-6-5-12(16)7-14(13)17)18-8-11-9-20(3)19-10(11)2/h5-7,9,15,18H,4,8H2,1-3H3. The summed E-state index contributed by atoms with van der Waals surface area (Å²) in [5.41, 5.74) is 3.34. The van der Waals surface area contributed by atoms with Gasteiger partial charge in [0.05, 0.1) is 5.69 Å². The van der Waals surface area contributed by atoms with Crippen LogP contribution in [0.4, 0.5) is 0 Å². The lowest BCUT2D eigenvalue weighted by Gasteiger charge is -2.18. The van der Waals surface area contributed by atoms with E-state index in [1.54, 1.807) is 6.07 Å². The van der Waals surface area contributed by atoms with Crippen molar-refractivity contribution in [1.29, 1.82) is 0 Å². The average Bonchev–Trinajstić information content (AvgIpc) is 2.70.